The van der Waals surface area contributed by atoms with Gasteiger partial charge in [0.1, 0.15) is 0 Å². The van der Waals surface area contributed by atoms with Crippen molar-refractivity contribution in [3.05, 3.63) is 65.2 Å². The van der Waals surface area contributed by atoms with E-state index in [0.29, 0.717) is 40.2 Å². The molecule has 0 atom stereocenters. The number of hydrogen-bond donors (Lipinski definition) is 1. The van der Waals surface area contributed by atoms with Gasteiger partial charge in [-0.3, -0.25) is 9.59 Å². The molecule has 0 saturated heterocycles. The number of fused-ring (bicyclic) bond motifs is 3. The predicted octanol–water partition coefficient (Wildman–Crippen LogP) is 2.57. The fourth-order valence-corrected chi connectivity index (χ4v) is 3.57. The van der Waals surface area contributed by atoms with Crippen molar-refractivity contribution < 1.29 is 9.59 Å². The summed E-state index contributed by atoms with van der Waals surface area (Å²) in [6, 6.07) is 14.5. The quantitative estimate of drug-likeness (QED) is 0.553. The molecule has 0 aliphatic heterocycles. The van der Waals surface area contributed by atoms with Gasteiger partial charge in [-0.2, -0.15) is 0 Å². The molecule has 1 aliphatic carbocycles. The molecule has 0 fully saturated rings. The smallest absolute Gasteiger partial charge is 0.253 e. The Hall–Kier alpha value is -3.58. The van der Waals surface area contributed by atoms with Crippen molar-refractivity contribution in [2.45, 2.75) is 0 Å². The lowest BCUT2D eigenvalue weighted by Gasteiger charge is -2.20. The molecule has 0 spiro atoms. The van der Waals surface area contributed by atoms with Gasteiger partial charge in [-0.1, -0.05) is 30.3 Å². The zero-order valence-electron chi connectivity index (χ0n) is 17.2. The number of nitrogens with two attached hydrogens (primary N) is 1. The average Bonchev–Trinajstić information content (AvgIpc) is 3.03. The van der Waals surface area contributed by atoms with E-state index in [2.05, 4.69) is 9.97 Å². The van der Waals surface area contributed by atoms with E-state index in [-0.39, 0.29) is 17.6 Å². The fraction of sp³-hybridized carbons (Fsp3) is 0.217. The molecule has 0 bridgehead atoms. The van der Waals surface area contributed by atoms with Crippen LogP contribution in [0.25, 0.3) is 22.5 Å². The first-order valence-electron chi connectivity index (χ1n) is 9.69. The molecule has 1 amide bonds. The van der Waals surface area contributed by atoms with Crippen LogP contribution in [0.1, 0.15) is 26.3 Å². The van der Waals surface area contributed by atoms with Crippen molar-refractivity contribution in [1.29, 1.82) is 0 Å². The molecule has 1 heterocycles. The van der Waals surface area contributed by atoms with Gasteiger partial charge in [-0.05, 0) is 32.3 Å². The summed E-state index contributed by atoms with van der Waals surface area (Å²) in [5.74, 6) is -0.169. The Morgan fingerprint density at radius 2 is 1.63 bits per heavy atom. The Morgan fingerprint density at radius 3 is 2.33 bits per heavy atom. The number of nitrogens with zero attached hydrogens (tertiary/aromatic N) is 4. The molecule has 0 radical (unpaired) electrons. The molecule has 152 valence electrons. The van der Waals surface area contributed by atoms with E-state index in [0.717, 1.165) is 12.1 Å². The van der Waals surface area contributed by atoms with Crippen LogP contribution in [0.2, 0.25) is 0 Å². The number of ketones is 1. The molecular weight excluding hydrogens is 378 g/mol. The number of anilines is 1. The zero-order chi connectivity index (χ0) is 21.4. The number of amides is 1. The van der Waals surface area contributed by atoms with Crippen LogP contribution >= 0.6 is 0 Å². The van der Waals surface area contributed by atoms with E-state index in [1.807, 2.05) is 49.3 Å². The third-order valence-electron chi connectivity index (χ3n) is 5.20. The van der Waals surface area contributed by atoms with Crippen molar-refractivity contribution in [2.75, 3.05) is 40.0 Å². The molecular formula is C23H23N5O2. The van der Waals surface area contributed by atoms with E-state index < -0.39 is 0 Å². The Labute approximate surface area is 175 Å². The number of benzene rings is 2. The summed E-state index contributed by atoms with van der Waals surface area (Å²) in [6.07, 6.45) is 0. The second kappa shape index (κ2) is 7.68. The number of carbonyl (C=O) groups excluding carboxylic acids is 2. The highest BCUT2D eigenvalue weighted by atomic mass is 16.2. The normalized spacial score (nSPS) is 12.1. The molecule has 30 heavy (non-hydrogen) atoms. The number of nitrogen functional groups attached to an aromatic ring is 1. The summed E-state index contributed by atoms with van der Waals surface area (Å²) < 4.78 is 0. The first-order chi connectivity index (χ1) is 14.4. The third kappa shape index (κ3) is 3.44. The molecule has 1 aliphatic rings. The van der Waals surface area contributed by atoms with Crippen LogP contribution in [0.15, 0.2) is 48.5 Å². The predicted molar refractivity (Wildman–Crippen MR) is 116 cm³/mol. The minimum absolute atomic E-state index is 0.0908. The van der Waals surface area contributed by atoms with Crippen LogP contribution in [0.4, 0.5) is 5.95 Å². The molecule has 1 aromatic heterocycles. The van der Waals surface area contributed by atoms with E-state index in [1.54, 1.807) is 30.1 Å². The number of rotatable bonds is 5. The SMILES string of the molecule is CN(C)CCN(C)C(=O)c1ccc2c(c1)-c1nc(N)nc(-c3ccccc3)c1C2=O. The van der Waals surface area contributed by atoms with Gasteiger partial charge in [0, 0.05) is 42.4 Å². The minimum Gasteiger partial charge on any atom is -0.368 e. The maximum absolute atomic E-state index is 13.2. The van der Waals surface area contributed by atoms with Crippen LogP contribution < -0.4 is 5.73 Å². The summed E-state index contributed by atoms with van der Waals surface area (Å²) in [7, 11) is 5.70. The van der Waals surface area contributed by atoms with Crippen molar-refractivity contribution in [2.24, 2.45) is 0 Å². The van der Waals surface area contributed by atoms with Gasteiger partial charge in [-0.15, -0.1) is 0 Å². The van der Waals surface area contributed by atoms with Crippen molar-refractivity contribution >= 4 is 17.6 Å². The van der Waals surface area contributed by atoms with E-state index in [4.69, 9.17) is 5.73 Å². The van der Waals surface area contributed by atoms with Crippen LogP contribution in [0.5, 0.6) is 0 Å². The lowest BCUT2D eigenvalue weighted by Crippen LogP contribution is -2.33. The van der Waals surface area contributed by atoms with Gasteiger partial charge in [0.2, 0.25) is 5.95 Å². The van der Waals surface area contributed by atoms with Gasteiger partial charge >= 0.3 is 0 Å². The first kappa shape index (κ1) is 19.7. The highest BCUT2D eigenvalue weighted by Crippen LogP contribution is 2.40. The molecule has 4 rings (SSSR count). The lowest BCUT2D eigenvalue weighted by atomic mass is 10.0. The summed E-state index contributed by atoms with van der Waals surface area (Å²) in [5, 5.41) is 0. The second-order valence-corrected chi connectivity index (χ2v) is 7.64. The van der Waals surface area contributed by atoms with Crippen molar-refractivity contribution in [3.8, 4) is 22.5 Å². The summed E-state index contributed by atoms with van der Waals surface area (Å²) in [6.45, 7) is 1.37. The molecule has 7 nitrogen and oxygen atoms in total. The summed E-state index contributed by atoms with van der Waals surface area (Å²) in [4.78, 5) is 38.4. The van der Waals surface area contributed by atoms with Crippen molar-refractivity contribution in [1.82, 2.24) is 19.8 Å². The average molecular weight is 401 g/mol. The second-order valence-electron chi connectivity index (χ2n) is 7.64. The lowest BCUT2D eigenvalue weighted by molar-refractivity contribution is 0.0786. The first-order valence-corrected chi connectivity index (χ1v) is 9.69. The number of likely N-dealkylation sites (N-methyl/N-ethyl adjacent to an activating group) is 2. The van der Waals surface area contributed by atoms with E-state index in [1.165, 1.54) is 0 Å². The summed E-state index contributed by atoms with van der Waals surface area (Å²) in [5.41, 5.74) is 9.82. The van der Waals surface area contributed by atoms with Crippen LogP contribution in [0, 0.1) is 0 Å². The molecule has 2 N–H and O–H groups in total. The van der Waals surface area contributed by atoms with E-state index >= 15 is 0 Å². The van der Waals surface area contributed by atoms with Crippen LogP contribution in [-0.2, 0) is 0 Å². The number of carbonyl (C=O) groups is 2. The topological polar surface area (TPSA) is 92.4 Å². The van der Waals surface area contributed by atoms with Gasteiger partial charge in [0.25, 0.3) is 5.91 Å². The number of aromatic nitrogens is 2. The highest BCUT2D eigenvalue weighted by Gasteiger charge is 2.33. The van der Waals surface area contributed by atoms with Gasteiger partial charge < -0.3 is 15.5 Å². The molecule has 2 aromatic carbocycles. The van der Waals surface area contributed by atoms with Gasteiger partial charge in [0.05, 0.1) is 17.0 Å². The maximum Gasteiger partial charge on any atom is 0.253 e. The van der Waals surface area contributed by atoms with Crippen molar-refractivity contribution in [3.63, 3.8) is 0 Å². The van der Waals surface area contributed by atoms with Crippen LogP contribution in [-0.4, -0.2) is 65.7 Å². The van der Waals surface area contributed by atoms with Gasteiger partial charge in [0.15, 0.2) is 5.78 Å². The Morgan fingerprint density at radius 1 is 0.933 bits per heavy atom. The minimum atomic E-state index is -0.154. The highest BCUT2D eigenvalue weighted by molar-refractivity contribution is 6.24. The maximum atomic E-state index is 13.2. The van der Waals surface area contributed by atoms with Gasteiger partial charge in [-0.25, -0.2) is 9.97 Å². The Balaban J connectivity index is 1.77. The van der Waals surface area contributed by atoms with Crippen LogP contribution in [0.3, 0.4) is 0 Å². The molecule has 7 heteroatoms. The Kier molecular flexibility index (Phi) is 5.05. The largest absolute Gasteiger partial charge is 0.368 e. The Bertz CT molecular complexity index is 1140. The van der Waals surface area contributed by atoms with E-state index in [9.17, 15) is 9.59 Å². The third-order valence-corrected chi connectivity index (χ3v) is 5.20. The fourth-order valence-electron chi connectivity index (χ4n) is 3.57. The summed E-state index contributed by atoms with van der Waals surface area (Å²) >= 11 is 0. The molecule has 0 unspecified atom stereocenters. The zero-order valence-corrected chi connectivity index (χ0v) is 17.2. The monoisotopic (exact) mass is 401 g/mol. The molecule has 3 aromatic rings. The molecule has 0 saturated carbocycles. The standard InChI is InChI=1S/C23H23N5O2/c1-27(2)11-12-28(3)22(30)15-9-10-16-17(13-15)20-18(21(16)29)19(25-23(24)26-20)14-7-5-4-6-8-14/h4-10,13H,11-12H2,1-3H3,(H2,24,25,26). The number of hydrogen-bond acceptors (Lipinski definition) is 6.